The lowest BCUT2D eigenvalue weighted by Crippen LogP contribution is -2.28. The highest BCUT2D eigenvalue weighted by atomic mass is 79.9. The molecule has 0 saturated carbocycles. The van der Waals surface area contributed by atoms with Crippen molar-refractivity contribution in [2.24, 2.45) is 0 Å². The maximum atomic E-state index is 11.1. The molecule has 1 rings (SSSR count). The Hall–Kier alpha value is -0.740. The van der Waals surface area contributed by atoms with Crippen molar-refractivity contribution in [2.45, 2.75) is 13.3 Å². The van der Waals surface area contributed by atoms with Crippen molar-refractivity contribution in [1.82, 2.24) is 5.32 Å². The summed E-state index contributed by atoms with van der Waals surface area (Å²) in [5, 5.41) is 4.16. The number of amides is 1. The van der Waals surface area contributed by atoms with Crippen molar-refractivity contribution in [3.63, 3.8) is 0 Å². The summed E-state index contributed by atoms with van der Waals surface area (Å²) in [6.45, 7) is 2.88. The molecule has 0 atom stereocenters. The van der Waals surface area contributed by atoms with Gasteiger partial charge in [-0.3, -0.25) is 4.79 Å². The van der Waals surface area contributed by atoms with Gasteiger partial charge in [0.2, 0.25) is 5.91 Å². The normalized spacial score (nSPS) is 10.1. The minimum Gasteiger partial charge on any atom is -0.492 e. The van der Waals surface area contributed by atoms with Crippen LogP contribution in [0.1, 0.15) is 12.0 Å². The first kappa shape index (κ1) is 14.3. The number of benzene rings is 1. The molecular weight excluding hydrogens is 305 g/mol. The first-order chi connectivity index (χ1) is 8.13. The number of halogens is 2. The van der Waals surface area contributed by atoms with Crippen LogP contribution in [0.5, 0.6) is 5.75 Å². The summed E-state index contributed by atoms with van der Waals surface area (Å²) >= 11 is 9.11. The molecule has 1 aromatic carbocycles. The van der Waals surface area contributed by atoms with Crippen molar-refractivity contribution in [3.05, 3.63) is 28.8 Å². The zero-order valence-electron chi connectivity index (χ0n) is 9.63. The summed E-state index contributed by atoms with van der Waals surface area (Å²) in [7, 11) is 0. The third kappa shape index (κ3) is 5.41. The number of carbonyl (C=O) groups excluding carboxylic acids is 1. The number of hydrogen-bond acceptors (Lipinski definition) is 2. The number of rotatable bonds is 6. The van der Waals surface area contributed by atoms with E-state index in [1.165, 1.54) is 0 Å². The van der Waals surface area contributed by atoms with Gasteiger partial charge in [0.25, 0.3) is 0 Å². The van der Waals surface area contributed by atoms with Crippen molar-refractivity contribution in [3.8, 4) is 5.75 Å². The molecule has 3 nitrogen and oxygen atoms in total. The Morgan fingerprint density at radius 2 is 2.29 bits per heavy atom. The van der Waals surface area contributed by atoms with E-state index < -0.39 is 0 Å². The molecule has 94 valence electrons. The van der Waals surface area contributed by atoms with Gasteiger partial charge in [-0.05, 0) is 30.7 Å². The first-order valence-corrected chi connectivity index (χ1v) is 6.85. The van der Waals surface area contributed by atoms with Crippen LogP contribution in [0.15, 0.2) is 18.2 Å². The van der Waals surface area contributed by atoms with Crippen molar-refractivity contribution < 1.29 is 9.53 Å². The monoisotopic (exact) mass is 319 g/mol. The highest BCUT2D eigenvalue weighted by Crippen LogP contribution is 2.20. The van der Waals surface area contributed by atoms with Crippen LogP contribution in [0.25, 0.3) is 0 Å². The number of alkyl halides is 1. The number of aryl methyl sites for hydroxylation is 1. The second kappa shape index (κ2) is 7.56. The third-order valence-corrected chi connectivity index (χ3v) is 2.96. The van der Waals surface area contributed by atoms with Gasteiger partial charge >= 0.3 is 0 Å². The average molecular weight is 321 g/mol. The lowest BCUT2D eigenvalue weighted by atomic mass is 10.2. The SMILES string of the molecule is Cc1cc(OCCNC(=O)CCBr)ccc1Cl. The molecule has 17 heavy (non-hydrogen) atoms. The van der Waals surface area contributed by atoms with Gasteiger partial charge in [0, 0.05) is 16.8 Å². The second-order valence-corrected chi connectivity index (χ2v) is 4.75. The van der Waals surface area contributed by atoms with Gasteiger partial charge in [-0.15, -0.1) is 0 Å². The van der Waals surface area contributed by atoms with Crippen LogP contribution in [-0.4, -0.2) is 24.4 Å². The maximum absolute atomic E-state index is 11.1. The minimum atomic E-state index is 0.0257. The molecule has 0 heterocycles. The molecule has 0 radical (unpaired) electrons. The molecule has 0 aliphatic rings. The third-order valence-electron chi connectivity index (χ3n) is 2.14. The van der Waals surface area contributed by atoms with E-state index in [0.717, 1.165) is 16.3 Å². The summed E-state index contributed by atoms with van der Waals surface area (Å²) in [5.41, 5.74) is 0.979. The molecule has 0 unspecified atom stereocenters. The zero-order chi connectivity index (χ0) is 12.7. The van der Waals surface area contributed by atoms with Crippen LogP contribution >= 0.6 is 27.5 Å². The largest absolute Gasteiger partial charge is 0.492 e. The average Bonchev–Trinajstić information content (AvgIpc) is 2.29. The van der Waals surface area contributed by atoms with Gasteiger partial charge in [-0.1, -0.05) is 27.5 Å². The van der Waals surface area contributed by atoms with E-state index in [4.69, 9.17) is 16.3 Å². The number of ether oxygens (including phenoxy) is 1. The zero-order valence-corrected chi connectivity index (χ0v) is 12.0. The van der Waals surface area contributed by atoms with E-state index in [2.05, 4.69) is 21.2 Å². The second-order valence-electron chi connectivity index (χ2n) is 3.55. The summed E-state index contributed by atoms with van der Waals surface area (Å²) in [5.74, 6) is 0.791. The number of carbonyl (C=O) groups is 1. The molecule has 0 fully saturated rings. The van der Waals surface area contributed by atoms with Gasteiger partial charge in [0.1, 0.15) is 12.4 Å². The topological polar surface area (TPSA) is 38.3 Å². The van der Waals surface area contributed by atoms with Gasteiger partial charge in [0.15, 0.2) is 0 Å². The van der Waals surface area contributed by atoms with E-state index in [1.807, 2.05) is 19.1 Å². The first-order valence-electron chi connectivity index (χ1n) is 5.35. The molecular formula is C12H15BrClNO2. The Morgan fingerprint density at radius 3 is 2.94 bits per heavy atom. The van der Waals surface area contributed by atoms with Crippen molar-refractivity contribution in [2.75, 3.05) is 18.5 Å². The van der Waals surface area contributed by atoms with E-state index in [0.29, 0.717) is 24.9 Å². The fourth-order valence-electron chi connectivity index (χ4n) is 1.24. The standard InChI is InChI=1S/C12H15BrClNO2/c1-9-8-10(2-3-11(9)14)17-7-6-15-12(16)4-5-13/h2-3,8H,4-7H2,1H3,(H,15,16). The van der Waals surface area contributed by atoms with Crippen molar-refractivity contribution in [1.29, 1.82) is 0 Å². The molecule has 0 spiro atoms. The Bertz CT molecular complexity index is 385. The molecule has 0 aliphatic heterocycles. The van der Waals surface area contributed by atoms with Gasteiger partial charge in [-0.2, -0.15) is 0 Å². The fourth-order valence-corrected chi connectivity index (χ4v) is 1.72. The quantitative estimate of drug-likeness (QED) is 0.646. The Morgan fingerprint density at radius 1 is 1.53 bits per heavy atom. The lowest BCUT2D eigenvalue weighted by Gasteiger charge is -2.08. The Kier molecular flexibility index (Phi) is 6.37. The maximum Gasteiger partial charge on any atom is 0.220 e. The fraction of sp³-hybridized carbons (Fsp3) is 0.417. The molecule has 1 amide bonds. The minimum absolute atomic E-state index is 0.0257. The molecule has 0 aromatic heterocycles. The molecule has 0 aliphatic carbocycles. The van der Waals surface area contributed by atoms with Crippen LogP contribution < -0.4 is 10.1 Å². The van der Waals surface area contributed by atoms with Crippen LogP contribution in [0.2, 0.25) is 5.02 Å². The van der Waals surface area contributed by atoms with Gasteiger partial charge in [0.05, 0.1) is 6.54 Å². The van der Waals surface area contributed by atoms with Gasteiger partial charge in [-0.25, -0.2) is 0 Å². The van der Waals surface area contributed by atoms with E-state index in [9.17, 15) is 4.79 Å². The smallest absolute Gasteiger partial charge is 0.220 e. The molecule has 1 N–H and O–H groups in total. The summed E-state index contributed by atoms with van der Waals surface area (Å²) in [4.78, 5) is 11.1. The Labute approximate surface area is 115 Å². The van der Waals surface area contributed by atoms with Crippen LogP contribution in [0.3, 0.4) is 0 Å². The van der Waals surface area contributed by atoms with Crippen LogP contribution in [0, 0.1) is 6.92 Å². The predicted molar refractivity (Wildman–Crippen MR) is 73.1 cm³/mol. The van der Waals surface area contributed by atoms with E-state index in [-0.39, 0.29) is 5.91 Å². The van der Waals surface area contributed by atoms with Gasteiger partial charge < -0.3 is 10.1 Å². The number of nitrogens with one attached hydrogen (secondary N) is 1. The Balaban J connectivity index is 2.26. The number of hydrogen-bond donors (Lipinski definition) is 1. The van der Waals surface area contributed by atoms with Crippen LogP contribution in [0.4, 0.5) is 0 Å². The molecule has 0 saturated heterocycles. The summed E-state index contributed by atoms with van der Waals surface area (Å²) in [6.07, 6.45) is 0.486. The van der Waals surface area contributed by atoms with Crippen LogP contribution in [-0.2, 0) is 4.79 Å². The summed E-state index contributed by atoms with van der Waals surface area (Å²) < 4.78 is 5.49. The van der Waals surface area contributed by atoms with E-state index in [1.54, 1.807) is 6.07 Å². The predicted octanol–water partition coefficient (Wildman–Crippen LogP) is 2.93. The molecule has 1 aromatic rings. The highest BCUT2D eigenvalue weighted by Gasteiger charge is 2.00. The van der Waals surface area contributed by atoms with Crippen molar-refractivity contribution >= 4 is 33.4 Å². The lowest BCUT2D eigenvalue weighted by molar-refractivity contribution is -0.120. The molecule has 0 bridgehead atoms. The molecule has 5 heteroatoms. The highest BCUT2D eigenvalue weighted by molar-refractivity contribution is 9.09. The van der Waals surface area contributed by atoms with E-state index >= 15 is 0 Å². The summed E-state index contributed by atoms with van der Waals surface area (Å²) in [6, 6.07) is 5.49.